The largest absolute Gasteiger partial charge is 0.454 e. The van der Waals surface area contributed by atoms with Gasteiger partial charge in [-0.15, -0.1) is 0 Å². The van der Waals surface area contributed by atoms with Gasteiger partial charge in [0.15, 0.2) is 11.5 Å². The second-order valence-electron chi connectivity index (χ2n) is 11.2. The van der Waals surface area contributed by atoms with E-state index in [-0.39, 0.29) is 36.6 Å². The van der Waals surface area contributed by atoms with E-state index >= 15 is 0 Å². The van der Waals surface area contributed by atoms with Crippen LogP contribution in [-0.2, 0) is 20.9 Å². The molecule has 12 heteroatoms. The standard InChI is InChI=1S/C34H31N5O6S/c1-22-26(25-9-5-6-10-27(25)38(22)19-31(40)35-23-11-12-28-29(17-23)45-21-44-28)18-30-33(42)39(34(43)46-30)20-32(41)37-15-13-36(14-16-37)24-7-3-2-4-8-24/h2-12,17-18H,13-16,19-21H2,1H3,(H,35,40)/b30-18-. The van der Waals surface area contributed by atoms with Crippen molar-refractivity contribution in [2.24, 2.45) is 0 Å². The molecule has 0 spiro atoms. The van der Waals surface area contributed by atoms with Crippen molar-refractivity contribution in [3.05, 3.63) is 89.0 Å². The Morgan fingerprint density at radius 1 is 0.891 bits per heavy atom. The molecule has 11 nitrogen and oxygen atoms in total. The molecule has 1 aromatic heterocycles. The van der Waals surface area contributed by atoms with Crippen LogP contribution in [0.3, 0.4) is 0 Å². The third-order valence-corrected chi connectivity index (χ3v) is 9.34. The fraction of sp³-hybridized carbons (Fsp3) is 0.235. The Hall–Kier alpha value is -5.23. The Labute approximate surface area is 269 Å². The van der Waals surface area contributed by atoms with Crippen LogP contribution in [0, 0.1) is 6.92 Å². The number of aromatic nitrogens is 1. The Morgan fingerprint density at radius 2 is 1.63 bits per heavy atom. The number of piperazine rings is 1. The van der Waals surface area contributed by atoms with E-state index in [0.29, 0.717) is 43.4 Å². The lowest BCUT2D eigenvalue weighted by molar-refractivity contribution is -0.136. The van der Waals surface area contributed by atoms with Crippen molar-refractivity contribution in [1.29, 1.82) is 0 Å². The molecular weight excluding hydrogens is 606 g/mol. The SMILES string of the molecule is Cc1c(/C=C2\SC(=O)N(CC(=O)N3CCN(c4ccccc4)CC3)C2=O)c2ccccc2n1CC(=O)Nc1ccc2c(c1)OCO2. The van der Waals surface area contributed by atoms with Crippen molar-refractivity contribution in [2.45, 2.75) is 13.5 Å². The summed E-state index contributed by atoms with van der Waals surface area (Å²) in [5.41, 5.74) is 4.01. The zero-order chi connectivity index (χ0) is 31.8. The summed E-state index contributed by atoms with van der Waals surface area (Å²) in [5, 5.41) is 3.28. The summed E-state index contributed by atoms with van der Waals surface area (Å²) in [6, 6.07) is 22.8. The summed E-state index contributed by atoms with van der Waals surface area (Å²) in [6.45, 7) is 4.14. The third-order valence-electron chi connectivity index (χ3n) is 8.43. The molecule has 3 aliphatic heterocycles. The number of hydrogen-bond acceptors (Lipinski definition) is 8. The number of imide groups is 1. The number of anilines is 2. The van der Waals surface area contributed by atoms with E-state index in [1.807, 2.05) is 66.1 Å². The number of rotatable bonds is 7. The van der Waals surface area contributed by atoms with Crippen molar-refractivity contribution in [2.75, 3.05) is 49.7 Å². The number of carbonyl (C=O) groups is 4. The molecule has 2 saturated heterocycles. The number of fused-ring (bicyclic) bond motifs is 2. The maximum absolute atomic E-state index is 13.4. The van der Waals surface area contributed by atoms with Crippen LogP contribution in [0.4, 0.5) is 16.2 Å². The zero-order valence-electron chi connectivity index (χ0n) is 25.1. The first-order valence-corrected chi connectivity index (χ1v) is 15.8. The number of nitrogens with zero attached hydrogens (tertiary/aromatic N) is 4. The van der Waals surface area contributed by atoms with Crippen molar-refractivity contribution in [1.82, 2.24) is 14.4 Å². The number of nitrogens with one attached hydrogen (secondary N) is 1. The summed E-state index contributed by atoms with van der Waals surface area (Å²) < 4.78 is 12.6. The first-order valence-electron chi connectivity index (χ1n) is 15.0. The highest BCUT2D eigenvalue weighted by Gasteiger charge is 2.38. The van der Waals surface area contributed by atoms with Gasteiger partial charge in [-0.2, -0.15) is 0 Å². The molecule has 0 atom stereocenters. The van der Waals surface area contributed by atoms with Gasteiger partial charge in [0.25, 0.3) is 11.1 Å². The van der Waals surface area contributed by atoms with E-state index in [1.54, 1.807) is 29.2 Å². The molecule has 0 bridgehead atoms. The fourth-order valence-corrected chi connectivity index (χ4v) is 6.84. The normalized spacial score (nSPS) is 17.0. The molecule has 234 valence electrons. The van der Waals surface area contributed by atoms with E-state index in [2.05, 4.69) is 10.2 Å². The Balaban J connectivity index is 1.05. The molecule has 2 fully saturated rings. The minimum Gasteiger partial charge on any atom is -0.454 e. The zero-order valence-corrected chi connectivity index (χ0v) is 25.9. The monoisotopic (exact) mass is 637 g/mol. The highest BCUT2D eigenvalue weighted by atomic mass is 32.2. The molecule has 3 aromatic carbocycles. The molecular formula is C34H31N5O6S. The topological polar surface area (TPSA) is 113 Å². The van der Waals surface area contributed by atoms with Crippen LogP contribution < -0.4 is 19.7 Å². The number of para-hydroxylation sites is 2. The number of amides is 4. The lowest BCUT2D eigenvalue weighted by atomic mass is 10.1. The van der Waals surface area contributed by atoms with Gasteiger partial charge in [0.1, 0.15) is 13.1 Å². The lowest BCUT2D eigenvalue weighted by Crippen LogP contribution is -2.51. The molecule has 0 saturated carbocycles. The molecule has 0 unspecified atom stereocenters. The van der Waals surface area contributed by atoms with Gasteiger partial charge in [-0.3, -0.25) is 24.1 Å². The fourth-order valence-electron chi connectivity index (χ4n) is 6.02. The average molecular weight is 638 g/mol. The van der Waals surface area contributed by atoms with Gasteiger partial charge in [0, 0.05) is 65.8 Å². The minimum absolute atomic E-state index is 0.0299. The third kappa shape index (κ3) is 5.67. The van der Waals surface area contributed by atoms with Crippen molar-refractivity contribution in [3.63, 3.8) is 0 Å². The van der Waals surface area contributed by atoms with E-state index < -0.39 is 11.1 Å². The second-order valence-corrected chi connectivity index (χ2v) is 12.2. The highest BCUT2D eigenvalue weighted by Crippen LogP contribution is 2.36. The van der Waals surface area contributed by atoms with Gasteiger partial charge >= 0.3 is 0 Å². The summed E-state index contributed by atoms with van der Waals surface area (Å²) >= 11 is 0.824. The lowest BCUT2D eigenvalue weighted by Gasteiger charge is -2.36. The first kappa shape index (κ1) is 29.5. The predicted molar refractivity (Wildman–Crippen MR) is 176 cm³/mol. The number of ether oxygens (including phenoxy) is 2. The Kier molecular flexibility index (Phi) is 7.87. The highest BCUT2D eigenvalue weighted by molar-refractivity contribution is 8.18. The van der Waals surface area contributed by atoms with Crippen LogP contribution in [0.1, 0.15) is 11.3 Å². The minimum atomic E-state index is -0.497. The Bertz CT molecular complexity index is 1900. The molecule has 7 rings (SSSR count). The average Bonchev–Trinajstić information content (AvgIpc) is 3.73. The van der Waals surface area contributed by atoms with Gasteiger partial charge in [0.05, 0.1) is 4.91 Å². The van der Waals surface area contributed by atoms with Gasteiger partial charge in [-0.05, 0) is 55.1 Å². The van der Waals surface area contributed by atoms with Crippen LogP contribution in [0.2, 0.25) is 0 Å². The maximum Gasteiger partial charge on any atom is 0.294 e. The maximum atomic E-state index is 13.4. The summed E-state index contributed by atoms with van der Waals surface area (Å²) in [5.74, 6) is 0.215. The van der Waals surface area contributed by atoms with Gasteiger partial charge in [0.2, 0.25) is 18.6 Å². The summed E-state index contributed by atoms with van der Waals surface area (Å²) in [7, 11) is 0. The van der Waals surface area contributed by atoms with Crippen molar-refractivity contribution < 1.29 is 28.7 Å². The molecule has 4 aromatic rings. The Morgan fingerprint density at radius 3 is 2.43 bits per heavy atom. The van der Waals surface area contributed by atoms with Gasteiger partial charge < -0.3 is 29.2 Å². The molecule has 46 heavy (non-hydrogen) atoms. The smallest absolute Gasteiger partial charge is 0.294 e. The molecule has 0 radical (unpaired) electrons. The van der Waals surface area contributed by atoms with E-state index in [4.69, 9.17) is 9.47 Å². The van der Waals surface area contributed by atoms with Crippen LogP contribution in [0.25, 0.3) is 17.0 Å². The number of benzene rings is 3. The van der Waals surface area contributed by atoms with E-state index in [9.17, 15) is 19.2 Å². The van der Waals surface area contributed by atoms with Crippen molar-refractivity contribution >= 4 is 63.1 Å². The van der Waals surface area contributed by atoms with Crippen LogP contribution in [0.15, 0.2) is 77.7 Å². The number of hydrogen-bond donors (Lipinski definition) is 1. The number of carbonyl (C=O) groups excluding carboxylic acids is 4. The number of thioether (sulfide) groups is 1. The van der Waals surface area contributed by atoms with Crippen LogP contribution in [-0.4, -0.2) is 76.8 Å². The second kappa shape index (κ2) is 12.3. The summed E-state index contributed by atoms with van der Waals surface area (Å²) in [6.07, 6.45) is 1.69. The quantitative estimate of drug-likeness (QED) is 0.290. The predicted octanol–water partition coefficient (Wildman–Crippen LogP) is 4.70. The van der Waals surface area contributed by atoms with Crippen LogP contribution >= 0.6 is 11.8 Å². The molecule has 4 amide bonds. The van der Waals surface area contributed by atoms with E-state index in [1.165, 1.54) is 0 Å². The van der Waals surface area contributed by atoms with Crippen molar-refractivity contribution in [3.8, 4) is 11.5 Å². The van der Waals surface area contributed by atoms with Gasteiger partial charge in [-0.25, -0.2) is 0 Å². The van der Waals surface area contributed by atoms with Gasteiger partial charge in [-0.1, -0.05) is 36.4 Å². The summed E-state index contributed by atoms with van der Waals surface area (Å²) in [4.78, 5) is 57.9. The molecule has 1 N–H and O–H groups in total. The van der Waals surface area contributed by atoms with E-state index in [0.717, 1.165) is 44.5 Å². The molecule has 0 aliphatic carbocycles. The first-order chi connectivity index (χ1) is 22.4. The molecule has 4 heterocycles. The van der Waals surface area contributed by atoms with Crippen LogP contribution in [0.5, 0.6) is 11.5 Å². The molecule has 3 aliphatic rings.